The maximum absolute atomic E-state index is 12.7. The Balaban J connectivity index is 1.65. The Bertz CT molecular complexity index is 1090. The molecule has 1 aromatic carbocycles. The van der Waals surface area contributed by atoms with Crippen LogP contribution in [0.4, 0.5) is 5.69 Å². The lowest BCUT2D eigenvalue weighted by atomic mass is 10.2. The molecule has 0 spiro atoms. The summed E-state index contributed by atoms with van der Waals surface area (Å²) in [5.74, 6) is -0.927. The lowest BCUT2D eigenvalue weighted by Gasteiger charge is -2.15. The fourth-order valence-electron chi connectivity index (χ4n) is 3.12. The first kappa shape index (κ1) is 19.0. The number of carbonyl (C=O) groups is 2. The van der Waals surface area contributed by atoms with E-state index < -0.39 is 5.97 Å². The molecule has 0 saturated carbocycles. The van der Waals surface area contributed by atoms with Crippen molar-refractivity contribution in [1.29, 1.82) is 0 Å². The van der Waals surface area contributed by atoms with Crippen molar-refractivity contribution in [1.82, 2.24) is 14.9 Å². The van der Waals surface area contributed by atoms with E-state index in [-0.39, 0.29) is 36.9 Å². The molecule has 3 aromatic rings. The van der Waals surface area contributed by atoms with E-state index in [9.17, 15) is 9.59 Å². The Morgan fingerprint density at radius 1 is 1.34 bits per heavy atom. The largest absolute Gasteiger partial charge is 0.466 e. The van der Waals surface area contributed by atoms with E-state index in [1.54, 1.807) is 12.3 Å². The summed E-state index contributed by atoms with van der Waals surface area (Å²) < 4.78 is 4.81. The molecular weight excluding hydrogens is 392 g/mol. The highest BCUT2D eigenvalue weighted by atomic mass is 32.1. The van der Waals surface area contributed by atoms with Crippen LogP contribution in [0.15, 0.2) is 53.9 Å². The van der Waals surface area contributed by atoms with Gasteiger partial charge in [0.25, 0.3) is 5.91 Å². The normalized spacial score (nSPS) is 14.0. The van der Waals surface area contributed by atoms with Gasteiger partial charge in [0.1, 0.15) is 21.1 Å². The molecule has 0 atom stereocenters. The summed E-state index contributed by atoms with van der Waals surface area (Å²) in [5, 5.41) is 13.0. The number of rotatable bonds is 6. The standard InChI is InChI=1S/C20H18N4O4S/c1-28-20(27)14-11-24(8-9-25)19(26)16(14)22-13-5-2-4-12(10-13)17-23-15-6-3-7-21-18(15)29-17/h2-7,10,22,25H,8-9,11H2,1H3. The number of pyridine rings is 1. The number of anilines is 1. The first-order chi connectivity index (χ1) is 14.1. The van der Waals surface area contributed by atoms with Crippen molar-refractivity contribution in [2.24, 2.45) is 0 Å². The average Bonchev–Trinajstić information content (AvgIpc) is 3.31. The Hall–Kier alpha value is -3.30. The van der Waals surface area contributed by atoms with Gasteiger partial charge in [0.15, 0.2) is 0 Å². The number of carbonyl (C=O) groups excluding carboxylic acids is 2. The molecule has 1 amide bonds. The minimum atomic E-state index is -0.574. The molecule has 0 aliphatic carbocycles. The van der Waals surface area contributed by atoms with Crippen molar-refractivity contribution in [2.45, 2.75) is 0 Å². The summed E-state index contributed by atoms with van der Waals surface area (Å²) in [7, 11) is 1.27. The zero-order valence-electron chi connectivity index (χ0n) is 15.6. The monoisotopic (exact) mass is 410 g/mol. The van der Waals surface area contributed by atoms with Crippen LogP contribution in [0.25, 0.3) is 20.9 Å². The molecule has 29 heavy (non-hydrogen) atoms. The van der Waals surface area contributed by atoms with Gasteiger partial charge < -0.3 is 20.1 Å². The van der Waals surface area contributed by atoms with Crippen LogP contribution < -0.4 is 5.32 Å². The fraction of sp³-hybridized carbons (Fsp3) is 0.200. The van der Waals surface area contributed by atoms with Crippen molar-refractivity contribution in [2.75, 3.05) is 32.1 Å². The second-order valence-corrected chi connectivity index (χ2v) is 7.33. The molecule has 0 fully saturated rings. The van der Waals surface area contributed by atoms with Crippen molar-refractivity contribution < 1.29 is 19.4 Å². The molecule has 0 saturated heterocycles. The summed E-state index contributed by atoms with van der Waals surface area (Å²) in [5.41, 5.74) is 2.74. The molecule has 3 heterocycles. The van der Waals surface area contributed by atoms with Crippen LogP contribution in [0.3, 0.4) is 0 Å². The van der Waals surface area contributed by atoms with E-state index in [0.29, 0.717) is 5.69 Å². The third-order valence-electron chi connectivity index (χ3n) is 4.50. The van der Waals surface area contributed by atoms with Crippen LogP contribution in [0.1, 0.15) is 0 Å². The number of nitrogens with zero attached hydrogens (tertiary/aromatic N) is 3. The number of esters is 1. The van der Waals surface area contributed by atoms with Crippen LogP contribution in [0.2, 0.25) is 0 Å². The zero-order valence-corrected chi connectivity index (χ0v) is 16.4. The van der Waals surface area contributed by atoms with Crippen molar-refractivity contribution in [3.8, 4) is 10.6 Å². The second kappa shape index (κ2) is 7.98. The van der Waals surface area contributed by atoms with Crippen LogP contribution in [0.5, 0.6) is 0 Å². The summed E-state index contributed by atoms with van der Waals surface area (Å²) in [6.07, 6.45) is 1.73. The minimum Gasteiger partial charge on any atom is -0.466 e. The summed E-state index contributed by atoms with van der Waals surface area (Å²) in [6, 6.07) is 11.2. The molecule has 9 heteroatoms. The smallest absolute Gasteiger partial charge is 0.337 e. The van der Waals surface area contributed by atoms with E-state index in [1.807, 2.05) is 30.3 Å². The van der Waals surface area contributed by atoms with E-state index >= 15 is 0 Å². The maximum atomic E-state index is 12.7. The molecule has 1 aliphatic rings. The molecule has 0 unspecified atom stereocenters. The minimum absolute atomic E-state index is 0.0949. The third-order valence-corrected chi connectivity index (χ3v) is 5.53. The first-order valence-corrected chi connectivity index (χ1v) is 9.73. The van der Waals surface area contributed by atoms with Gasteiger partial charge in [-0.2, -0.15) is 0 Å². The highest BCUT2D eigenvalue weighted by Gasteiger charge is 2.34. The van der Waals surface area contributed by atoms with Gasteiger partial charge in [-0.1, -0.05) is 23.5 Å². The third kappa shape index (κ3) is 3.69. The van der Waals surface area contributed by atoms with Gasteiger partial charge in [0, 0.05) is 24.0 Å². The van der Waals surface area contributed by atoms with Gasteiger partial charge in [0.2, 0.25) is 0 Å². The topological polar surface area (TPSA) is 105 Å². The fourth-order valence-corrected chi connectivity index (χ4v) is 4.02. The van der Waals surface area contributed by atoms with Gasteiger partial charge in [-0.05, 0) is 24.3 Å². The predicted octanol–water partition coefficient (Wildman–Crippen LogP) is 2.03. The molecular formula is C20H18N4O4S. The van der Waals surface area contributed by atoms with Gasteiger partial charge in [-0.15, -0.1) is 0 Å². The van der Waals surface area contributed by atoms with Crippen LogP contribution >= 0.6 is 11.3 Å². The highest BCUT2D eigenvalue weighted by Crippen LogP contribution is 2.31. The predicted molar refractivity (Wildman–Crippen MR) is 109 cm³/mol. The Morgan fingerprint density at radius 3 is 2.97 bits per heavy atom. The zero-order chi connectivity index (χ0) is 20.4. The number of aliphatic hydroxyl groups excluding tert-OH is 1. The van der Waals surface area contributed by atoms with Crippen LogP contribution in [-0.2, 0) is 14.3 Å². The Labute approximate surface area is 170 Å². The summed E-state index contributed by atoms with van der Waals surface area (Å²) in [4.78, 5) is 36.0. The molecule has 0 radical (unpaired) electrons. The number of hydrogen-bond acceptors (Lipinski definition) is 8. The van der Waals surface area contributed by atoms with Crippen molar-refractivity contribution in [3.05, 3.63) is 53.9 Å². The van der Waals surface area contributed by atoms with Crippen molar-refractivity contribution >= 4 is 39.2 Å². The number of benzene rings is 1. The molecule has 1 aliphatic heterocycles. The van der Waals surface area contributed by atoms with Crippen LogP contribution in [0, 0.1) is 0 Å². The number of hydrogen-bond donors (Lipinski definition) is 2. The quantitative estimate of drug-likeness (QED) is 0.599. The number of aliphatic hydroxyl groups is 1. The maximum Gasteiger partial charge on any atom is 0.337 e. The van der Waals surface area contributed by atoms with Gasteiger partial charge in [0.05, 0.1) is 25.8 Å². The first-order valence-electron chi connectivity index (χ1n) is 8.91. The van der Waals surface area contributed by atoms with Crippen LogP contribution in [-0.4, -0.2) is 58.7 Å². The number of thiazole rings is 1. The van der Waals surface area contributed by atoms with Gasteiger partial charge in [-0.3, -0.25) is 4.79 Å². The molecule has 2 aromatic heterocycles. The number of aromatic nitrogens is 2. The lowest BCUT2D eigenvalue weighted by Crippen LogP contribution is -2.31. The number of methoxy groups -OCH3 is 1. The lowest BCUT2D eigenvalue weighted by molar-refractivity contribution is -0.136. The highest BCUT2D eigenvalue weighted by molar-refractivity contribution is 7.21. The molecule has 2 N–H and O–H groups in total. The number of β-amino-alcohol motifs (C(OH)–C–C–N with tert-alkyl or cyclic N) is 1. The second-order valence-electron chi connectivity index (χ2n) is 6.35. The molecule has 8 nitrogen and oxygen atoms in total. The number of fused-ring (bicyclic) bond motifs is 1. The van der Waals surface area contributed by atoms with E-state index in [2.05, 4.69) is 15.3 Å². The van der Waals surface area contributed by atoms with E-state index in [4.69, 9.17) is 9.84 Å². The van der Waals surface area contributed by atoms with E-state index in [1.165, 1.54) is 23.3 Å². The molecule has 4 rings (SSSR count). The number of ether oxygens (including phenoxy) is 1. The van der Waals surface area contributed by atoms with Gasteiger partial charge in [-0.25, -0.2) is 14.8 Å². The van der Waals surface area contributed by atoms with E-state index in [0.717, 1.165) is 20.9 Å². The summed E-state index contributed by atoms with van der Waals surface area (Å²) in [6.45, 7) is 0.0511. The SMILES string of the molecule is COC(=O)C1=C(Nc2cccc(-c3nc4cccnc4s3)c2)C(=O)N(CCO)C1. The van der Waals surface area contributed by atoms with Crippen molar-refractivity contribution in [3.63, 3.8) is 0 Å². The number of nitrogens with one attached hydrogen (secondary N) is 1. The summed E-state index contributed by atoms with van der Waals surface area (Å²) >= 11 is 1.48. The van der Waals surface area contributed by atoms with Gasteiger partial charge >= 0.3 is 5.97 Å². The molecule has 0 bridgehead atoms. The Kier molecular flexibility index (Phi) is 5.24. The molecule has 148 valence electrons. The Morgan fingerprint density at radius 2 is 2.21 bits per heavy atom. The average molecular weight is 410 g/mol. The number of amides is 1.